The molecule has 0 atom stereocenters. The average Bonchev–Trinajstić information content (AvgIpc) is 2.69. The maximum Gasteiger partial charge on any atom is 0.249 e. The van der Waals surface area contributed by atoms with Gasteiger partial charge in [0.25, 0.3) is 0 Å². The molecule has 0 aliphatic rings. The zero-order valence-corrected chi connectivity index (χ0v) is 19.3. The van der Waals surface area contributed by atoms with E-state index in [0.717, 1.165) is 14.7 Å². The summed E-state index contributed by atoms with van der Waals surface area (Å²) in [6, 6.07) is 9.15. The number of benzene rings is 2. The third kappa shape index (κ3) is 6.87. The minimum Gasteiger partial charge on any atom is -0.493 e. The van der Waals surface area contributed by atoms with Gasteiger partial charge in [-0.15, -0.1) is 0 Å². The van der Waals surface area contributed by atoms with Crippen LogP contribution in [0.1, 0.15) is 23.1 Å². The quantitative estimate of drug-likeness (QED) is 0.172. The SMILES string of the molecule is C=CCOc1c(I)cc(C=NNC(=O)CC(=O)Nc2ccc(C)c(C)c2)cc1OC. The van der Waals surface area contributed by atoms with Crippen LogP contribution in [0.25, 0.3) is 0 Å². The number of carbonyl (C=O) groups excluding carboxylic acids is 2. The number of methoxy groups -OCH3 is 1. The van der Waals surface area contributed by atoms with Gasteiger partial charge in [0.05, 0.1) is 16.9 Å². The molecule has 30 heavy (non-hydrogen) atoms. The lowest BCUT2D eigenvalue weighted by Gasteiger charge is -2.12. The predicted molar refractivity (Wildman–Crippen MR) is 126 cm³/mol. The lowest BCUT2D eigenvalue weighted by atomic mass is 10.1. The maximum atomic E-state index is 12.0. The number of aryl methyl sites for hydroxylation is 2. The van der Waals surface area contributed by atoms with Gasteiger partial charge < -0.3 is 14.8 Å². The third-order valence-electron chi connectivity index (χ3n) is 4.11. The summed E-state index contributed by atoms with van der Waals surface area (Å²) >= 11 is 2.13. The van der Waals surface area contributed by atoms with Crippen LogP contribution >= 0.6 is 22.6 Å². The summed E-state index contributed by atoms with van der Waals surface area (Å²) in [5, 5.41) is 6.62. The lowest BCUT2D eigenvalue weighted by molar-refractivity contribution is -0.126. The standard InChI is InChI=1S/C22H24IN3O4/c1-5-8-30-22-18(23)10-16(11-19(22)29-4)13-24-26-21(28)12-20(27)25-17-7-6-14(2)15(3)9-17/h5-7,9-11,13H,1,8,12H2,2-4H3,(H,25,27)(H,26,28). The van der Waals surface area contributed by atoms with Crippen molar-refractivity contribution in [2.24, 2.45) is 5.10 Å². The highest BCUT2D eigenvalue weighted by Crippen LogP contribution is 2.33. The highest BCUT2D eigenvalue weighted by molar-refractivity contribution is 14.1. The Balaban J connectivity index is 1.93. The largest absolute Gasteiger partial charge is 0.493 e. The van der Waals surface area contributed by atoms with Crippen LogP contribution in [0.5, 0.6) is 11.5 Å². The van der Waals surface area contributed by atoms with Gasteiger partial charge in [0, 0.05) is 5.69 Å². The molecule has 0 aliphatic heterocycles. The fourth-order valence-corrected chi connectivity index (χ4v) is 3.27. The molecule has 2 amide bonds. The van der Waals surface area contributed by atoms with E-state index in [9.17, 15) is 9.59 Å². The van der Waals surface area contributed by atoms with Crippen LogP contribution < -0.4 is 20.2 Å². The van der Waals surface area contributed by atoms with Gasteiger partial charge in [0.2, 0.25) is 11.8 Å². The summed E-state index contributed by atoms with van der Waals surface area (Å²) in [6.45, 7) is 7.94. The molecule has 7 nitrogen and oxygen atoms in total. The van der Waals surface area contributed by atoms with Gasteiger partial charge in [-0.2, -0.15) is 5.10 Å². The first-order valence-corrected chi connectivity index (χ1v) is 10.2. The number of anilines is 1. The summed E-state index contributed by atoms with van der Waals surface area (Å²) < 4.78 is 11.8. The van der Waals surface area contributed by atoms with E-state index >= 15 is 0 Å². The number of nitrogens with one attached hydrogen (secondary N) is 2. The summed E-state index contributed by atoms with van der Waals surface area (Å²) in [5.74, 6) is 0.234. The number of amides is 2. The Morgan fingerprint density at radius 2 is 1.93 bits per heavy atom. The molecular formula is C22H24IN3O4. The van der Waals surface area contributed by atoms with E-state index in [4.69, 9.17) is 9.47 Å². The van der Waals surface area contributed by atoms with E-state index < -0.39 is 11.8 Å². The first-order chi connectivity index (χ1) is 14.3. The highest BCUT2D eigenvalue weighted by atomic mass is 127. The molecule has 0 unspecified atom stereocenters. The Hall–Kier alpha value is -2.88. The van der Waals surface area contributed by atoms with Gasteiger partial charge in [-0.1, -0.05) is 18.7 Å². The minimum atomic E-state index is -0.514. The third-order valence-corrected chi connectivity index (χ3v) is 4.91. The smallest absolute Gasteiger partial charge is 0.249 e. The number of hydrogen-bond donors (Lipinski definition) is 2. The fraction of sp³-hybridized carbons (Fsp3) is 0.227. The van der Waals surface area contributed by atoms with Crippen molar-refractivity contribution in [2.45, 2.75) is 20.3 Å². The van der Waals surface area contributed by atoms with Gasteiger partial charge in [0.1, 0.15) is 13.0 Å². The van der Waals surface area contributed by atoms with Gasteiger partial charge in [-0.3, -0.25) is 9.59 Å². The molecule has 0 aliphatic carbocycles. The van der Waals surface area contributed by atoms with Crippen molar-refractivity contribution in [1.82, 2.24) is 5.43 Å². The van der Waals surface area contributed by atoms with Gasteiger partial charge in [-0.05, 0) is 77.4 Å². The molecule has 158 valence electrons. The Kier molecular flexibility index (Phi) is 8.85. The molecule has 0 spiro atoms. The Labute approximate surface area is 189 Å². The van der Waals surface area contributed by atoms with Crippen molar-refractivity contribution >= 4 is 46.3 Å². The summed E-state index contributed by atoms with van der Waals surface area (Å²) in [5.41, 5.74) is 5.91. The maximum absolute atomic E-state index is 12.0. The summed E-state index contributed by atoms with van der Waals surface area (Å²) in [4.78, 5) is 24.0. The Morgan fingerprint density at radius 1 is 1.17 bits per heavy atom. The predicted octanol–water partition coefficient (Wildman–Crippen LogP) is 3.96. The van der Waals surface area contributed by atoms with Crippen LogP contribution in [0.3, 0.4) is 0 Å². The van der Waals surface area contributed by atoms with Gasteiger partial charge in [0.15, 0.2) is 11.5 Å². The van der Waals surface area contributed by atoms with Crippen LogP contribution in [0, 0.1) is 17.4 Å². The minimum absolute atomic E-state index is 0.334. The molecule has 0 radical (unpaired) electrons. The lowest BCUT2D eigenvalue weighted by Crippen LogP contribution is -2.24. The second-order valence-corrected chi connectivity index (χ2v) is 7.61. The van der Waals surface area contributed by atoms with Crippen molar-refractivity contribution in [2.75, 3.05) is 19.0 Å². The van der Waals surface area contributed by atoms with E-state index in [1.807, 2.05) is 32.0 Å². The van der Waals surface area contributed by atoms with Crippen molar-refractivity contribution in [3.8, 4) is 11.5 Å². The van der Waals surface area contributed by atoms with Crippen LogP contribution in [0.2, 0.25) is 0 Å². The Bertz CT molecular complexity index is 973. The van der Waals surface area contributed by atoms with Crippen LogP contribution in [0.15, 0.2) is 48.1 Å². The molecule has 8 heteroatoms. The normalized spacial score (nSPS) is 10.5. The molecule has 0 aromatic heterocycles. The number of nitrogens with zero attached hydrogens (tertiary/aromatic N) is 1. The molecule has 0 heterocycles. The number of carbonyl (C=O) groups is 2. The first-order valence-electron chi connectivity index (χ1n) is 9.14. The van der Waals surface area contributed by atoms with Crippen LogP contribution in [-0.4, -0.2) is 31.7 Å². The zero-order chi connectivity index (χ0) is 22.1. The molecule has 0 saturated carbocycles. The monoisotopic (exact) mass is 521 g/mol. The fourth-order valence-electron chi connectivity index (χ4n) is 2.49. The van der Waals surface area contributed by atoms with E-state index in [1.165, 1.54) is 6.21 Å². The first kappa shape index (κ1) is 23.4. The molecule has 0 bridgehead atoms. The van der Waals surface area contributed by atoms with E-state index in [0.29, 0.717) is 29.4 Å². The Morgan fingerprint density at radius 3 is 2.60 bits per heavy atom. The topological polar surface area (TPSA) is 89.0 Å². The number of hydrogen-bond acceptors (Lipinski definition) is 5. The van der Waals surface area contributed by atoms with E-state index in [-0.39, 0.29) is 6.42 Å². The molecule has 2 N–H and O–H groups in total. The van der Waals surface area contributed by atoms with Crippen LogP contribution in [-0.2, 0) is 9.59 Å². The number of hydrazone groups is 1. The molecular weight excluding hydrogens is 497 g/mol. The van der Waals surface area contributed by atoms with Crippen LogP contribution in [0.4, 0.5) is 5.69 Å². The van der Waals surface area contributed by atoms with Crippen molar-refractivity contribution in [1.29, 1.82) is 0 Å². The summed E-state index contributed by atoms with van der Waals surface area (Å²) in [7, 11) is 1.54. The highest BCUT2D eigenvalue weighted by Gasteiger charge is 2.12. The summed E-state index contributed by atoms with van der Waals surface area (Å²) in [6.07, 6.45) is 2.79. The van der Waals surface area contributed by atoms with E-state index in [2.05, 4.69) is 45.0 Å². The molecule has 0 saturated heterocycles. The molecule has 2 aromatic carbocycles. The van der Waals surface area contributed by atoms with Gasteiger partial charge >= 0.3 is 0 Å². The van der Waals surface area contributed by atoms with Crippen molar-refractivity contribution < 1.29 is 19.1 Å². The van der Waals surface area contributed by atoms with E-state index in [1.54, 1.807) is 25.3 Å². The number of ether oxygens (including phenoxy) is 2. The second kappa shape index (κ2) is 11.3. The van der Waals surface area contributed by atoms with Crippen molar-refractivity contribution in [3.05, 3.63) is 63.2 Å². The number of halogens is 1. The molecule has 0 fully saturated rings. The van der Waals surface area contributed by atoms with Crippen molar-refractivity contribution in [3.63, 3.8) is 0 Å². The van der Waals surface area contributed by atoms with Gasteiger partial charge in [-0.25, -0.2) is 5.43 Å². The zero-order valence-electron chi connectivity index (χ0n) is 17.1. The molecule has 2 rings (SSSR count). The second-order valence-electron chi connectivity index (χ2n) is 6.45. The number of rotatable bonds is 9. The molecule has 2 aromatic rings. The average molecular weight is 521 g/mol.